The Balaban J connectivity index is 2.10. The average Bonchev–Trinajstić information content (AvgIpc) is 2.90. The van der Waals surface area contributed by atoms with E-state index in [2.05, 4.69) is 15.0 Å². The van der Waals surface area contributed by atoms with Crippen LogP contribution in [0.5, 0.6) is 0 Å². The van der Waals surface area contributed by atoms with Gasteiger partial charge in [0.25, 0.3) is 0 Å². The lowest BCUT2D eigenvalue weighted by molar-refractivity contribution is 0.979. The van der Waals surface area contributed by atoms with Gasteiger partial charge in [0.05, 0.1) is 0 Å². The third-order valence-electron chi connectivity index (χ3n) is 2.62. The van der Waals surface area contributed by atoms with Gasteiger partial charge in [-0.1, -0.05) is 0 Å². The lowest BCUT2D eigenvalue weighted by Crippen LogP contribution is -1.99. The molecule has 0 amide bonds. The van der Waals surface area contributed by atoms with Gasteiger partial charge in [0, 0.05) is 29.8 Å². The van der Waals surface area contributed by atoms with Crippen LogP contribution in [-0.4, -0.2) is 19.5 Å². The Labute approximate surface area is 104 Å². The molecule has 2 N–H and O–H groups in total. The molecule has 0 radical (unpaired) electrons. The molecule has 0 saturated carbocycles. The zero-order valence-corrected chi connectivity index (χ0v) is 9.56. The summed E-state index contributed by atoms with van der Waals surface area (Å²) in [5.41, 5.74) is 7.41. The van der Waals surface area contributed by atoms with Gasteiger partial charge in [-0.2, -0.15) is 0 Å². The first kappa shape index (κ1) is 10.5. The van der Waals surface area contributed by atoms with Crippen molar-refractivity contribution in [2.24, 2.45) is 0 Å². The van der Waals surface area contributed by atoms with Gasteiger partial charge in [-0.05, 0) is 30.3 Å². The summed E-state index contributed by atoms with van der Waals surface area (Å²) in [5, 5.41) is 0. The summed E-state index contributed by atoms with van der Waals surface area (Å²) >= 11 is 0. The molecule has 0 unspecified atom stereocenters. The van der Waals surface area contributed by atoms with Gasteiger partial charge in [-0.15, -0.1) is 0 Å². The van der Waals surface area contributed by atoms with Crippen LogP contribution in [0.2, 0.25) is 0 Å². The number of nitrogen functional groups attached to an aromatic ring is 1. The molecule has 0 aliphatic heterocycles. The quantitative estimate of drug-likeness (QED) is 0.691. The first-order valence-electron chi connectivity index (χ1n) is 5.50. The lowest BCUT2D eigenvalue weighted by atomic mass is 10.2. The fraction of sp³-hybridized carbons (Fsp3) is 0. The van der Waals surface area contributed by atoms with Crippen LogP contribution in [0.15, 0.2) is 55.2 Å². The fourth-order valence-electron chi connectivity index (χ4n) is 1.76. The Hall–Kier alpha value is -2.69. The topological polar surface area (TPSA) is 69.6 Å². The van der Waals surface area contributed by atoms with E-state index in [1.165, 1.54) is 6.33 Å². The third kappa shape index (κ3) is 1.82. The Morgan fingerprint density at radius 1 is 0.944 bits per heavy atom. The second kappa shape index (κ2) is 4.29. The first-order chi connectivity index (χ1) is 8.84. The van der Waals surface area contributed by atoms with E-state index in [9.17, 15) is 0 Å². The highest BCUT2D eigenvalue weighted by atomic mass is 15.1. The van der Waals surface area contributed by atoms with Crippen LogP contribution in [0.3, 0.4) is 0 Å². The van der Waals surface area contributed by atoms with Crippen molar-refractivity contribution >= 4 is 5.69 Å². The molecule has 2 aromatic heterocycles. The maximum Gasteiger partial charge on any atom is 0.145 e. The van der Waals surface area contributed by atoms with Crippen molar-refractivity contribution in [3.63, 3.8) is 0 Å². The molecule has 0 aliphatic rings. The van der Waals surface area contributed by atoms with E-state index in [1.54, 1.807) is 12.4 Å². The summed E-state index contributed by atoms with van der Waals surface area (Å²) in [6.45, 7) is 0. The van der Waals surface area contributed by atoms with Gasteiger partial charge >= 0.3 is 0 Å². The molecule has 3 rings (SSSR count). The van der Waals surface area contributed by atoms with Crippen LogP contribution >= 0.6 is 0 Å². The molecule has 0 saturated heterocycles. The van der Waals surface area contributed by atoms with Crippen LogP contribution < -0.4 is 5.73 Å². The van der Waals surface area contributed by atoms with Crippen molar-refractivity contribution in [1.29, 1.82) is 0 Å². The van der Waals surface area contributed by atoms with Gasteiger partial charge in [-0.25, -0.2) is 15.0 Å². The lowest BCUT2D eigenvalue weighted by Gasteiger charge is -2.06. The monoisotopic (exact) mass is 237 g/mol. The molecule has 0 aliphatic carbocycles. The Kier molecular flexibility index (Phi) is 2.49. The smallest absolute Gasteiger partial charge is 0.145 e. The van der Waals surface area contributed by atoms with Crippen LogP contribution in [-0.2, 0) is 0 Å². The molecule has 2 heterocycles. The summed E-state index contributed by atoms with van der Waals surface area (Å²) in [5.74, 6) is 1.61. The maximum atomic E-state index is 5.68. The van der Waals surface area contributed by atoms with E-state index in [-0.39, 0.29) is 0 Å². The Bertz CT molecular complexity index is 643. The highest BCUT2D eigenvalue weighted by Crippen LogP contribution is 2.21. The van der Waals surface area contributed by atoms with Crippen LogP contribution in [0.4, 0.5) is 5.69 Å². The summed E-state index contributed by atoms with van der Waals surface area (Å²) in [4.78, 5) is 12.5. The van der Waals surface area contributed by atoms with E-state index < -0.39 is 0 Å². The molecule has 0 bridgehead atoms. The normalized spacial score (nSPS) is 10.4. The molecule has 5 heteroatoms. The molecule has 0 fully saturated rings. The van der Waals surface area contributed by atoms with E-state index >= 15 is 0 Å². The van der Waals surface area contributed by atoms with Crippen molar-refractivity contribution in [3.05, 3.63) is 55.2 Å². The highest BCUT2D eigenvalue weighted by Gasteiger charge is 2.07. The van der Waals surface area contributed by atoms with E-state index in [0.29, 0.717) is 0 Å². The predicted molar refractivity (Wildman–Crippen MR) is 69.0 cm³/mol. The zero-order chi connectivity index (χ0) is 12.4. The summed E-state index contributed by atoms with van der Waals surface area (Å²) in [6, 6.07) is 9.43. The molecular formula is C13H11N5. The van der Waals surface area contributed by atoms with E-state index in [4.69, 9.17) is 5.73 Å². The number of anilines is 1. The highest BCUT2D eigenvalue weighted by molar-refractivity contribution is 5.60. The number of hydrogen-bond acceptors (Lipinski definition) is 4. The standard InChI is InChI=1S/C13H11N5/c14-11-3-1-10(2-4-11)13-16-7-8-18(13)12-5-6-15-9-17-12/h1-9H,14H2. The van der Waals surface area contributed by atoms with Gasteiger partial charge in [0.2, 0.25) is 0 Å². The summed E-state index contributed by atoms with van der Waals surface area (Å²) in [6.07, 6.45) is 6.83. The minimum Gasteiger partial charge on any atom is -0.399 e. The van der Waals surface area contributed by atoms with Gasteiger partial charge in [-0.3, -0.25) is 4.57 Å². The van der Waals surface area contributed by atoms with Crippen molar-refractivity contribution in [2.75, 3.05) is 5.73 Å². The number of nitrogens with zero attached hydrogens (tertiary/aromatic N) is 4. The molecule has 18 heavy (non-hydrogen) atoms. The molecule has 0 atom stereocenters. The van der Waals surface area contributed by atoms with Crippen LogP contribution in [0.25, 0.3) is 17.2 Å². The number of rotatable bonds is 2. The molecule has 1 aromatic carbocycles. The second-order valence-corrected chi connectivity index (χ2v) is 3.81. The summed E-state index contributed by atoms with van der Waals surface area (Å²) in [7, 11) is 0. The molecular weight excluding hydrogens is 226 g/mol. The summed E-state index contributed by atoms with van der Waals surface area (Å²) < 4.78 is 1.91. The van der Waals surface area contributed by atoms with Gasteiger partial charge in [0.1, 0.15) is 18.0 Å². The van der Waals surface area contributed by atoms with Crippen LogP contribution in [0.1, 0.15) is 0 Å². The molecule has 0 spiro atoms. The van der Waals surface area contributed by atoms with Gasteiger partial charge < -0.3 is 5.73 Å². The number of aromatic nitrogens is 4. The molecule has 5 nitrogen and oxygen atoms in total. The Morgan fingerprint density at radius 3 is 2.50 bits per heavy atom. The number of nitrogens with two attached hydrogens (primary N) is 1. The first-order valence-corrected chi connectivity index (χ1v) is 5.50. The predicted octanol–water partition coefficient (Wildman–Crippen LogP) is 1.91. The fourth-order valence-corrected chi connectivity index (χ4v) is 1.76. The van der Waals surface area contributed by atoms with E-state index in [1.807, 2.05) is 41.1 Å². The maximum absolute atomic E-state index is 5.68. The number of imidazole rings is 1. The van der Waals surface area contributed by atoms with Crippen molar-refractivity contribution in [1.82, 2.24) is 19.5 Å². The minimum absolute atomic E-state index is 0.735. The number of hydrogen-bond donors (Lipinski definition) is 1. The molecule has 88 valence electrons. The van der Waals surface area contributed by atoms with Crippen molar-refractivity contribution in [3.8, 4) is 17.2 Å². The second-order valence-electron chi connectivity index (χ2n) is 3.81. The largest absolute Gasteiger partial charge is 0.399 e. The SMILES string of the molecule is Nc1ccc(-c2nccn2-c2ccncn2)cc1. The molecule has 3 aromatic rings. The minimum atomic E-state index is 0.735. The van der Waals surface area contributed by atoms with Gasteiger partial charge in [0.15, 0.2) is 0 Å². The van der Waals surface area contributed by atoms with E-state index in [0.717, 1.165) is 22.9 Å². The van der Waals surface area contributed by atoms with Crippen molar-refractivity contribution < 1.29 is 0 Å². The van der Waals surface area contributed by atoms with Crippen molar-refractivity contribution in [2.45, 2.75) is 0 Å². The third-order valence-corrected chi connectivity index (χ3v) is 2.62. The number of benzene rings is 1. The average molecular weight is 237 g/mol. The Morgan fingerprint density at radius 2 is 1.78 bits per heavy atom. The zero-order valence-electron chi connectivity index (χ0n) is 9.56. The van der Waals surface area contributed by atoms with Crippen LogP contribution in [0, 0.1) is 0 Å².